The van der Waals surface area contributed by atoms with Crippen molar-refractivity contribution in [2.45, 2.75) is 32.7 Å². The molecule has 1 heterocycles. The van der Waals surface area contributed by atoms with Crippen LogP contribution in [0.25, 0.3) is 0 Å². The molecule has 0 saturated carbocycles. The van der Waals surface area contributed by atoms with Crippen LogP contribution in [0, 0.1) is 12.7 Å². The van der Waals surface area contributed by atoms with E-state index in [9.17, 15) is 4.39 Å². The van der Waals surface area contributed by atoms with Crippen LogP contribution in [0.5, 0.6) is 11.5 Å². The van der Waals surface area contributed by atoms with E-state index < -0.39 is 0 Å². The minimum atomic E-state index is -0.383. The highest BCUT2D eigenvalue weighted by Crippen LogP contribution is 2.25. The largest absolute Gasteiger partial charge is 0.453 e. The minimum Gasteiger partial charge on any atom is -0.453 e. The van der Waals surface area contributed by atoms with Gasteiger partial charge in [-0.3, -0.25) is 4.98 Å². The van der Waals surface area contributed by atoms with Crippen molar-refractivity contribution >= 4 is 0 Å². The minimum absolute atomic E-state index is 0.0578. The van der Waals surface area contributed by atoms with Crippen LogP contribution >= 0.6 is 0 Å². The van der Waals surface area contributed by atoms with Crippen molar-refractivity contribution in [1.82, 2.24) is 4.98 Å². The molecular formula is C16H19FN2O. The molecule has 0 aliphatic heterocycles. The summed E-state index contributed by atoms with van der Waals surface area (Å²) in [5, 5.41) is 0. The van der Waals surface area contributed by atoms with Crippen molar-refractivity contribution in [3.05, 3.63) is 53.6 Å². The second-order valence-electron chi connectivity index (χ2n) is 4.87. The number of hydrogen-bond donors (Lipinski definition) is 1. The quantitative estimate of drug-likeness (QED) is 0.906. The lowest BCUT2D eigenvalue weighted by atomic mass is 10.0. The van der Waals surface area contributed by atoms with Gasteiger partial charge >= 0.3 is 0 Å². The summed E-state index contributed by atoms with van der Waals surface area (Å²) in [6, 6.07) is 8.60. The van der Waals surface area contributed by atoms with Crippen LogP contribution in [0.2, 0.25) is 0 Å². The average molecular weight is 274 g/mol. The molecule has 0 bridgehead atoms. The first-order chi connectivity index (χ1) is 9.58. The van der Waals surface area contributed by atoms with Crippen LogP contribution < -0.4 is 10.5 Å². The third-order valence-corrected chi connectivity index (χ3v) is 3.13. The molecule has 20 heavy (non-hydrogen) atoms. The van der Waals surface area contributed by atoms with Crippen molar-refractivity contribution in [3.63, 3.8) is 0 Å². The van der Waals surface area contributed by atoms with Crippen molar-refractivity contribution in [2.24, 2.45) is 5.73 Å². The highest BCUT2D eigenvalue weighted by atomic mass is 19.1. The molecule has 2 aromatic rings. The lowest BCUT2D eigenvalue weighted by Gasteiger charge is -2.11. The summed E-state index contributed by atoms with van der Waals surface area (Å²) in [6.07, 6.45) is 3.12. The molecule has 0 saturated heterocycles. The number of nitrogens with two attached hydrogens (primary N) is 1. The Morgan fingerprint density at radius 1 is 1.30 bits per heavy atom. The first-order valence-electron chi connectivity index (χ1n) is 6.73. The fraction of sp³-hybridized carbons (Fsp3) is 0.312. The molecule has 1 atom stereocenters. The molecule has 0 fully saturated rings. The third-order valence-electron chi connectivity index (χ3n) is 3.13. The van der Waals surface area contributed by atoms with E-state index in [1.54, 1.807) is 18.3 Å². The van der Waals surface area contributed by atoms with Gasteiger partial charge in [0.05, 0.1) is 6.20 Å². The second kappa shape index (κ2) is 6.48. The number of pyridine rings is 1. The third kappa shape index (κ3) is 3.78. The average Bonchev–Trinajstić information content (AvgIpc) is 2.44. The number of benzene rings is 1. The molecule has 1 aromatic heterocycles. The van der Waals surface area contributed by atoms with Gasteiger partial charge in [-0.2, -0.15) is 0 Å². The number of halogens is 1. The maximum Gasteiger partial charge on any atom is 0.165 e. The summed E-state index contributed by atoms with van der Waals surface area (Å²) in [6.45, 7) is 3.90. The van der Waals surface area contributed by atoms with E-state index in [0.29, 0.717) is 12.2 Å². The van der Waals surface area contributed by atoms with Gasteiger partial charge in [-0.15, -0.1) is 0 Å². The van der Waals surface area contributed by atoms with E-state index in [1.165, 1.54) is 6.07 Å². The molecule has 0 aliphatic carbocycles. The van der Waals surface area contributed by atoms with E-state index in [0.717, 1.165) is 17.7 Å². The van der Waals surface area contributed by atoms with Crippen LogP contribution in [0.4, 0.5) is 4.39 Å². The Kier molecular flexibility index (Phi) is 4.69. The van der Waals surface area contributed by atoms with Crippen molar-refractivity contribution in [1.29, 1.82) is 0 Å². The van der Waals surface area contributed by atoms with Crippen LogP contribution in [0.1, 0.15) is 24.6 Å². The number of rotatable bonds is 5. The fourth-order valence-corrected chi connectivity index (χ4v) is 1.84. The SMILES string of the molecule is CCC(N)Cc1ccc(Oc2ccc(C)nc2)c(F)c1. The molecule has 0 radical (unpaired) electrons. The zero-order chi connectivity index (χ0) is 14.5. The van der Waals surface area contributed by atoms with Gasteiger partial charge in [-0.1, -0.05) is 13.0 Å². The van der Waals surface area contributed by atoms with Gasteiger partial charge < -0.3 is 10.5 Å². The molecule has 0 amide bonds. The lowest BCUT2D eigenvalue weighted by Crippen LogP contribution is -2.21. The van der Waals surface area contributed by atoms with Crippen LogP contribution in [-0.4, -0.2) is 11.0 Å². The zero-order valence-electron chi connectivity index (χ0n) is 11.8. The number of nitrogens with zero attached hydrogens (tertiary/aromatic N) is 1. The summed E-state index contributed by atoms with van der Waals surface area (Å²) in [5.41, 5.74) is 7.64. The second-order valence-corrected chi connectivity index (χ2v) is 4.87. The first kappa shape index (κ1) is 14.5. The Bertz CT molecular complexity index is 569. The molecule has 2 N–H and O–H groups in total. The van der Waals surface area contributed by atoms with Gasteiger partial charge in [0, 0.05) is 11.7 Å². The Morgan fingerprint density at radius 3 is 2.70 bits per heavy atom. The van der Waals surface area contributed by atoms with Crippen molar-refractivity contribution in [2.75, 3.05) is 0 Å². The monoisotopic (exact) mass is 274 g/mol. The standard InChI is InChI=1S/C16H19FN2O/c1-3-13(18)8-12-5-7-16(15(17)9-12)20-14-6-4-11(2)19-10-14/h4-7,9-10,13H,3,8,18H2,1-2H3. The Labute approximate surface area is 118 Å². The highest BCUT2D eigenvalue weighted by Gasteiger charge is 2.08. The predicted octanol–water partition coefficient (Wildman–Crippen LogP) is 3.60. The predicted molar refractivity (Wildman–Crippen MR) is 77.4 cm³/mol. The van der Waals surface area contributed by atoms with Crippen LogP contribution in [0.3, 0.4) is 0 Å². The van der Waals surface area contributed by atoms with Gasteiger partial charge in [0.15, 0.2) is 11.6 Å². The summed E-state index contributed by atoms with van der Waals surface area (Å²) in [4.78, 5) is 4.11. The van der Waals surface area contributed by atoms with E-state index in [1.807, 2.05) is 26.0 Å². The van der Waals surface area contributed by atoms with E-state index in [-0.39, 0.29) is 17.6 Å². The molecule has 0 aliphatic rings. The van der Waals surface area contributed by atoms with Gasteiger partial charge in [-0.05, 0) is 49.6 Å². The highest BCUT2D eigenvalue weighted by molar-refractivity contribution is 5.34. The summed E-state index contributed by atoms with van der Waals surface area (Å²) in [7, 11) is 0. The van der Waals surface area contributed by atoms with Crippen LogP contribution in [0.15, 0.2) is 36.5 Å². The Hall–Kier alpha value is -1.94. The Morgan fingerprint density at radius 2 is 2.10 bits per heavy atom. The number of aryl methyl sites for hydroxylation is 1. The molecule has 4 heteroatoms. The topological polar surface area (TPSA) is 48.1 Å². The molecule has 3 nitrogen and oxygen atoms in total. The summed E-state index contributed by atoms with van der Waals surface area (Å²) < 4.78 is 19.5. The molecular weight excluding hydrogens is 255 g/mol. The Balaban J connectivity index is 2.11. The molecule has 0 spiro atoms. The molecule has 2 rings (SSSR count). The maximum atomic E-state index is 14.0. The van der Waals surface area contributed by atoms with E-state index >= 15 is 0 Å². The zero-order valence-corrected chi connectivity index (χ0v) is 11.8. The molecule has 1 unspecified atom stereocenters. The smallest absolute Gasteiger partial charge is 0.165 e. The number of ether oxygens (including phenoxy) is 1. The van der Waals surface area contributed by atoms with Gasteiger partial charge in [0.2, 0.25) is 0 Å². The van der Waals surface area contributed by atoms with Crippen LogP contribution in [-0.2, 0) is 6.42 Å². The number of hydrogen-bond acceptors (Lipinski definition) is 3. The summed E-state index contributed by atoms with van der Waals surface area (Å²) >= 11 is 0. The van der Waals surface area contributed by atoms with Gasteiger partial charge in [0.25, 0.3) is 0 Å². The van der Waals surface area contributed by atoms with Gasteiger partial charge in [0.1, 0.15) is 5.75 Å². The maximum absolute atomic E-state index is 14.0. The normalized spacial score (nSPS) is 12.2. The number of aromatic nitrogens is 1. The van der Waals surface area contributed by atoms with Crippen molar-refractivity contribution in [3.8, 4) is 11.5 Å². The lowest BCUT2D eigenvalue weighted by molar-refractivity contribution is 0.439. The van der Waals surface area contributed by atoms with Crippen molar-refractivity contribution < 1.29 is 9.13 Å². The molecule has 1 aromatic carbocycles. The van der Waals surface area contributed by atoms with E-state index in [2.05, 4.69) is 4.98 Å². The van der Waals surface area contributed by atoms with E-state index in [4.69, 9.17) is 10.5 Å². The fourth-order valence-electron chi connectivity index (χ4n) is 1.84. The summed E-state index contributed by atoms with van der Waals surface area (Å²) in [5.74, 6) is 0.336. The molecule has 106 valence electrons. The van der Waals surface area contributed by atoms with Gasteiger partial charge in [-0.25, -0.2) is 4.39 Å². The first-order valence-corrected chi connectivity index (χ1v) is 6.73.